The summed E-state index contributed by atoms with van der Waals surface area (Å²) in [5.74, 6) is 1.66. The maximum Gasteiger partial charge on any atom is 0.252 e. The Kier molecular flexibility index (Phi) is 7.63. The summed E-state index contributed by atoms with van der Waals surface area (Å²) in [5, 5.41) is 6.65. The molecule has 5 rings (SSSR count). The minimum absolute atomic E-state index is 0.0446. The van der Waals surface area contributed by atoms with E-state index in [4.69, 9.17) is 0 Å². The lowest BCUT2D eigenvalue weighted by Gasteiger charge is -2.33. The number of hydrogen-bond acceptors (Lipinski definition) is 6. The molecule has 0 aliphatic carbocycles. The van der Waals surface area contributed by atoms with E-state index in [-0.39, 0.29) is 23.2 Å². The Labute approximate surface area is 209 Å². The van der Waals surface area contributed by atoms with Crippen molar-refractivity contribution in [2.75, 3.05) is 25.4 Å². The van der Waals surface area contributed by atoms with E-state index in [0.29, 0.717) is 18.0 Å². The number of aromatic nitrogens is 3. The molecule has 2 fully saturated rings. The van der Waals surface area contributed by atoms with Gasteiger partial charge >= 0.3 is 0 Å². The van der Waals surface area contributed by atoms with Gasteiger partial charge in [0, 0.05) is 56.4 Å². The Hall–Kier alpha value is -2.91. The summed E-state index contributed by atoms with van der Waals surface area (Å²) < 4.78 is 1.85. The standard InChI is InChI=1S/C26H32N6O2S/c33-24(21-6-7-23-28-12-15-32(23)17-21)29-11-2-1-4-19-8-13-31(14-9-19)26(34)22-18-35-25(30-22)20-5-3-10-27-16-20/h3,5-7,10,12,15-17,19,22,25,30H,1-2,4,8-9,11,13-14,18H2,(H,29,33). The van der Waals surface area contributed by atoms with Gasteiger partial charge < -0.3 is 14.6 Å². The molecule has 35 heavy (non-hydrogen) atoms. The average Bonchev–Trinajstić information content (AvgIpc) is 3.58. The monoisotopic (exact) mass is 492 g/mol. The number of amides is 2. The summed E-state index contributed by atoms with van der Waals surface area (Å²) in [6, 6.07) is 7.55. The summed E-state index contributed by atoms with van der Waals surface area (Å²) >= 11 is 1.78. The van der Waals surface area contributed by atoms with Crippen molar-refractivity contribution in [2.45, 2.75) is 43.5 Å². The van der Waals surface area contributed by atoms with E-state index in [9.17, 15) is 9.59 Å². The maximum absolute atomic E-state index is 13.0. The van der Waals surface area contributed by atoms with Gasteiger partial charge in [-0.1, -0.05) is 18.9 Å². The van der Waals surface area contributed by atoms with Gasteiger partial charge in [0.25, 0.3) is 5.91 Å². The van der Waals surface area contributed by atoms with Crippen LogP contribution >= 0.6 is 11.8 Å². The SMILES string of the molecule is O=C(NCCCCC1CCN(C(=O)C2CSC(c3cccnc3)N2)CC1)c1ccc2nccn2c1. The fraction of sp³-hybridized carbons (Fsp3) is 0.462. The second-order valence-electron chi connectivity index (χ2n) is 9.35. The quantitative estimate of drug-likeness (QED) is 0.469. The average molecular weight is 493 g/mol. The van der Waals surface area contributed by atoms with E-state index in [1.807, 2.05) is 46.1 Å². The van der Waals surface area contributed by atoms with Crippen molar-refractivity contribution < 1.29 is 9.59 Å². The maximum atomic E-state index is 13.0. The normalized spacial score (nSPS) is 20.9. The minimum Gasteiger partial charge on any atom is -0.352 e. The van der Waals surface area contributed by atoms with Gasteiger partial charge in [0.1, 0.15) is 5.65 Å². The molecule has 3 aromatic rings. The number of piperidine rings is 1. The second kappa shape index (κ2) is 11.2. The van der Waals surface area contributed by atoms with Crippen molar-refractivity contribution >= 4 is 29.2 Å². The molecule has 8 nitrogen and oxygen atoms in total. The molecule has 9 heteroatoms. The van der Waals surface area contributed by atoms with Crippen LogP contribution in [-0.4, -0.2) is 62.5 Å². The molecular weight excluding hydrogens is 460 g/mol. The highest BCUT2D eigenvalue weighted by molar-refractivity contribution is 7.99. The third-order valence-corrected chi connectivity index (χ3v) is 8.24. The molecule has 2 aliphatic rings. The Morgan fingerprint density at radius 1 is 1.14 bits per heavy atom. The van der Waals surface area contributed by atoms with Gasteiger partial charge in [-0.15, -0.1) is 11.8 Å². The predicted octanol–water partition coefficient (Wildman–Crippen LogP) is 3.27. The summed E-state index contributed by atoms with van der Waals surface area (Å²) in [7, 11) is 0. The van der Waals surface area contributed by atoms with E-state index in [0.717, 1.165) is 62.2 Å². The van der Waals surface area contributed by atoms with Crippen LogP contribution in [0.2, 0.25) is 0 Å². The number of unbranched alkanes of at least 4 members (excludes halogenated alkanes) is 1. The highest BCUT2D eigenvalue weighted by Crippen LogP contribution is 2.33. The predicted molar refractivity (Wildman–Crippen MR) is 137 cm³/mol. The van der Waals surface area contributed by atoms with E-state index < -0.39 is 0 Å². The van der Waals surface area contributed by atoms with Gasteiger partial charge in [0.2, 0.25) is 5.91 Å². The number of likely N-dealkylation sites (tertiary alicyclic amines) is 1. The first-order valence-electron chi connectivity index (χ1n) is 12.4. The Bertz CT molecular complexity index is 1140. The number of thioether (sulfide) groups is 1. The first-order valence-corrected chi connectivity index (χ1v) is 13.5. The van der Waals surface area contributed by atoms with Gasteiger partial charge in [-0.2, -0.15) is 0 Å². The smallest absolute Gasteiger partial charge is 0.252 e. The molecule has 2 amide bonds. The molecule has 0 spiro atoms. The number of carbonyl (C=O) groups excluding carboxylic acids is 2. The first kappa shape index (κ1) is 23.8. The van der Waals surface area contributed by atoms with Crippen LogP contribution in [0.5, 0.6) is 0 Å². The molecule has 5 heterocycles. The number of nitrogens with one attached hydrogen (secondary N) is 2. The van der Waals surface area contributed by atoms with E-state index in [1.54, 1.807) is 24.2 Å². The van der Waals surface area contributed by atoms with Crippen molar-refractivity contribution in [1.82, 2.24) is 29.9 Å². The fourth-order valence-electron chi connectivity index (χ4n) is 4.92. The number of hydrogen-bond donors (Lipinski definition) is 2. The topological polar surface area (TPSA) is 91.6 Å². The summed E-state index contributed by atoms with van der Waals surface area (Å²) in [4.78, 5) is 35.8. The number of pyridine rings is 2. The van der Waals surface area contributed by atoms with Crippen LogP contribution in [0.15, 0.2) is 55.2 Å². The third-order valence-electron chi connectivity index (χ3n) is 6.97. The minimum atomic E-state index is -0.111. The molecule has 0 saturated carbocycles. The van der Waals surface area contributed by atoms with Crippen LogP contribution in [0.25, 0.3) is 5.65 Å². The van der Waals surface area contributed by atoms with Gasteiger partial charge in [-0.3, -0.25) is 19.9 Å². The summed E-state index contributed by atoms with van der Waals surface area (Å²) in [6.45, 7) is 2.37. The fourth-order valence-corrected chi connectivity index (χ4v) is 6.13. The molecule has 2 unspecified atom stereocenters. The third kappa shape index (κ3) is 5.85. The molecule has 0 bridgehead atoms. The molecule has 2 saturated heterocycles. The Balaban J connectivity index is 0.974. The first-order chi connectivity index (χ1) is 17.2. The van der Waals surface area contributed by atoms with Crippen LogP contribution < -0.4 is 10.6 Å². The van der Waals surface area contributed by atoms with Gasteiger partial charge in [-0.05, 0) is 48.9 Å². The molecule has 184 valence electrons. The van der Waals surface area contributed by atoms with Gasteiger partial charge in [0.15, 0.2) is 0 Å². The Morgan fingerprint density at radius 3 is 2.86 bits per heavy atom. The van der Waals surface area contributed by atoms with Crippen LogP contribution in [-0.2, 0) is 4.79 Å². The van der Waals surface area contributed by atoms with Crippen LogP contribution in [0.4, 0.5) is 0 Å². The van der Waals surface area contributed by atoms with Crippen molar-refractivity contribution in [3.8, 4) is 0 Å². The van der Waals surface area contributed by atoms with Crippen molar-refractivity contribution in [1.29, 1.82) is 0 Å². The summed E-state index contributed by atoms with van der Waals surface area (Å²) in [5.41, 5.74) is 2.61. The highest BCUT2D eigenvalue weighted by atomic mass is 32.2. The Morgan fingerprint density at radius 2 is 2.03 bits per heavy atom. The largest absolute Gasteiger partial charge is 0.352 e. The zero-order chi connectivity index (χ0) is 24.0. The van der Waals surface area contributed by atoms with E-state index >= 15 is 0 Å². The zero-order valence-corrected chi connectivity index (χ0v) is 20.6. The number of rotatable bonds is 8. The number of fused-ring (bicyclic) bond motifs is 1. The second-order valence-corrected chi connectivity index (χ2v) is 10.5. The molecule has 0 aromatic carbocycles. The van der Waals surface area contributed by atoms with Crippen molar-refractivity contribution in [3.63, 3.8) is 0 Å². The van der Waals surface area contributed by atoms with Crippen molar-refractivity contribution in [2.24, 2.45) is 5.92 Å². The lowest BCUT2D eigenvalue weighted by Crippen LogP contribution is -2.48. The van der Waals surface area contributed by atoms with Crippen LogP contribution in [0, 0.1) is 5.92 Å². The molecule has 2 aliphatic heterocycles. The molecule has 0 radical (unpaired) electrons. The zero-order valence-electron chi connectivity index (χ0n) is 19.8. The van der Waals surface area contributed by atoms with E-state index in [2.05, 4.69) is 26.7 Å². The number of nitrogens with zero attached hydrogens (tertiary/aromatic N) is 4. The molecule has 2 atom stereocenters. The van der Waals surface area contributed by atoms with Gasteiger partial charge in [-0.25, -0.2) is 4.98 Å². The lowest BCUT2D eigenvalue weighted by molar-refractivity contribution is -0.134. The summed E-state index contributed by atoms with van der Waals surface area (Å²) in [6.07, 6.45) is 14.4. The molecule has 2 N–H and O–H groups in total. The van der Waals surface area contributed by atoms with Gasteiger partial charge in [0.05, 0.1) is 17.0 Å². The molecule has 3 aromatic heterocycles. The highest BCUT2D eigenvalue weighted by Gasteiger charge is 2.34. The molecular formula is C26H32N6O2S. The van der Waals surface area contributed by atoms with Crippen LogP contribution in [0.3, 0.4) is 0 Å². The van der Waals surface area contributed by atoms with E-state index in [1.165, 1.54) is 0 Å². The van der Waals surface area contributed by atoms with Crippen LogP contribution in [0.1, 0.15) is 53.4 Å². The number of carbonyl (C=O) groups is 2. The number of imidazole rings is 1. The van der Waals surface area contributed by atoms with Crippen molar-refractivity contribution in [3.05, 3.63) is 66.4 Å². The lowest BCUT2D eigenvalue weighted by atomic mass is 9.91.